The number of nitrogens with one attached hydrogen (secondary N) is 1. The summed E-state index contributed by atoms with van der Waals surface area (Å²) in [5.41, 5.74) is 8.58. The summed E-state index contributed by atoms with van der Waals surface area (Å²) in [4.78, 5) is 17.4. The second-order valence-electron chi connectivity index (χ2n) is 5.67. The van der Waals surface area contributed by atoms with Gasteiger partial charge >= 0.3 is 0 Å². The number of carbonyl (C=O) groups is 1. The van der Waals surface area contributed by atoms with Gasteiger partial charge in [0, 0.05) is 27.5 Å². The lowest BCUT2D eigenvalue weighted by Crippen LogP contribution is -2.33. The Hall–Kier alpha value is -1.62. The Labute approximate surface area is 122 Å². The van der Waals surface area contributed by atoms with Gasteiger partial charge in [0.2, 0.25) is 0 Å². The predicted molar refractivity (Wildman–Crippen MR) is 83.2 cm³/mol. The lowest BCUT2D eigenvalue weighted by atomic mass is 10.1. The molecule has 2 aromatic heterocycles. The number of amides is 1. The van der Waals surface area contributed by atoms with Gasteiger partial charge in [-0.05, 0) is 45.6 Å². The summed E-state index contributed by atoms with van der Waals surface area (Å²) in [7, 11) is 0. The molecule has 1 saturated carbocycles. The molecule has 3 N–H and O–H groups in total. The zero-order valence-corrected chi connectivity index (χ0v) is 12.8. The van der Waals surface area contributed by atoms with Crippen LogP contribution in [-0.4, -0.2) is 16.9 Å². The topological polar surface area (TPSA) is 68.0 Å². The molecule has 0 radical (unpaired) electrons. The maximum absolute atomic E-state index is 12.4. The zero-order chi connectivity index (χ0) is 14.4. The molecule has 1 aliphatic carbocycles. The third-order valence-corrected chi connectivity index (χ3v) is 5.06. The zero-order valence-electron chi connectivity index (χ0n) is 12.0. The highest BCUT2D eigenvalue weighted by atomic mass is 32.1. The van der Waals surface area contributed by atoms with Gasteiger partial charge in [-0.25, -0.2) is 0 Å². The summed E-state index contributed by atoms with van der Waals surface area (Å²) in [6.07, 6.45) is 2.43. The smallest absolute Gasteiger partial charge is 0.263 e. The highest BCUT2D eigenvalue weighted by molar-refractivity contribution is 7.21. The Morgan fingerprint density at radius 3 is 2.85 bits per heavy atom. The van der Waals surface area contributed by atoms with Crippen molar-refractivity contribution in [1.82, 2.24) is 10.3 Å². The molecule has 0 saturated heterocycles. The molecule has 5 heteroatoms. The van der Waals surface area contributed by atoms with Gasteiger partial charge < -0.3 is 11.1 Å². The fourth-order valence-corrected chi connectivity index (χ4v) is 3.81. The van der Waals surface area contributed by atoms with E-state index in [1.165, 1.54) is 24.2 Å². The molecule has 0 spiro atoms. The van der Waals surface area contributed by atoms with E-state index in [0.717, 1.165) is 21.5 Å². The highest BCUT2D eigenvalue weighted by Gasteiger charge is 2.30. The number of nitrogens with zero attached hydrogens (tertiary/aromatic N) is 1. The first-order chi connectivity index (χ1) is 9.47. The third kappa shape index (κ3) is 2.26. The molecule has 4 nitrogen and oxygen atoms in total. The van der Waals surface area contributed by atoms with Gasteiger partial charge in [-0.3, -0.25) is 9.78 Å². The van der Waals surface area contributed by atoms with Gasteiger partial charge in [-0.1, -0.05) is 0 Å². The van der Waals surface area contributed by atoms with Crippen LogP contribution in [0, 0.1) is 19.8 Å². The Balaban J connectivity index is 1.96. The van der Waals surface area contributed by atoms with Gasteiger partial charge in [0.25, 0.3) is 5.91 Å². The van der Waals surface area contributed by atoms with Crippen LogP contribution in [0.5, 0.6) is 0 Å². The number of aryl methyl sites for hydroxylation is 2. The van der Waals surface area contributed by atoms with E-state index in [0.29, 0.717) is 16.5 Å². The minimum atomic E-state index is -0.0554. The van der Waals surface area contributed by atoms with E-state index in [-0.39, 0.29) is 11.9 Å². The molecule has 20 heavy (non-hydrogen) atoms. The van der Waals surface area contributed by atoms with Crippen LogP contribution in [0.4, 0.5) is 5.69 Å². The van der Waals surface area contributed by atoms with Crippen LogP contribution in [0.1, 0.15) is 40.8 Å². The van der Waals surface area contributed by atoms with E-state index in [4.69, 9.17) is 5.73 Å². The minimum Gasteiger partial charge on any atom is -0.397 e. The standard InChI is InChI=1S/C15H19N3OS/c1-7-6-11-12(9(3)17-7)13(16)14(20-11)15(19)18-8(2)10-4-5-10/h6,8,10H,4-5,16H2,1-3H3,(H,18,19). The lowest BCUT2D eigenvalue weighted by Gasteiger charge is -2.11. The van der Waals surface area contributed by atoms with E-state index >= 15 is 0 Å². The van der Waals surface area contributed by atoms with Crippen LogP contribution in [-0.2, 0) is 0 Å². The highest BCUT2D eigenvalue weighted by Crippen LogP contribution is 2.36. The summed E-state index contributed by atoms with van der Waals surface area (Å²) < 4.78 is 1.04. The predicted octanol–water partition coefficient (Wildman–Crippen LogP) is 3.02. The molecular weight excluding hydrogens is 270 g/mol. The van der Waals surface area contributed by atoms with Crippen molar-refractivity contribution in [2.75, 3.05) is 5.73 Å². The normalized spacial score (nSPS) is 16.4. The molecule has 3 rings (SSSR count). The van der Waals surface area contributed by atoms with E-state index in [1.54, 1.807) is 0 Å². The van der Waals surface area contributed by atoms with Crippen molar-refractivity contribution in [3.63, 3.8) is 0 Å². The van der Waals surface area contributed by atoms with Gasteiger partial charge in [-0.15, -0.1) is 11.3 Å². The largest absolute Gasteiger partial charge is 0.397 e. The first kappa shape index (κ1) is 13.4. The Bertz CT molecular complexity index is 688. The first-order valence-electron chi connectivity index (χ1n) is 6.94. The molecule has 1 atom stereocenters. The maximum atomic E-state index is 12.4. The SMILES string of the molecule is Cc1cc2sc(C(=O)NC(C)C3CC3)c(N)c2c(C)n1. The molecule has 0 aliphatic heterocycles. The molecule has 2 aromatic rings. The molecule has 1 amide bonds. The molecule has 2 heterocycles. The van der Waals surface area contributed by atoms with Gasteiger partial charge in [0.1, 0.15) is 4.88 Å². The summed E-state index contributed by atoms with van der Waals surface area (Å²) in [5, 5.41) is 3.99. The molecule has 1 aliphatic rings. The number of hydrogen-bond acceptors (Lipinski definition) is 4. The van der Waals surface area contributed by atoms with Crippen LogP contribution in [0.15, 0.2) is 6.07 Å². The fourth-order valence-electron chi connectivity index (χ4n) is 2.63. The first-order valence-corrected chi connectivity index (χ1v) is 7.76. The van der Waals surface area contributed by atoms with Crippen molar-refractivity contribution in [2.45, 2.75) is 39.7 Å². The molecule has 0 bridgehead atoms. The van der Waals surface area contributed by atoms with Crippen molar-refractivity contribution in [2.24, 2.45) is 5.92 Å². The van der Waals surface area contributed by atoms with E-state index in [2.05, 4.69) is 17.2 Å². The van der Waals surface area contributed by atoms with Crippen LogP contribution in [0.3, 0.4) is 0 Å². The van der Waals surface area contributed by atoms with Crippen LogP contribution >= 0.6 is 11.3 Å². The number of fused-ring (bicyclic) bond motifs is 1. The Kier molecular flexibility index (Phi) is 3.17. The number of pyridine rings is 1. The van der Waals surface area contributed by atoms with Crippen molar-refractivity contribution < 1.29 is 4.79 Å². The second-order valence-corrected chi connectivity index (χ2v) is 6.72. The van der Waals surface area contributed by atoms with Gasteiger partial charge in [0.15, 0.2) is 0 Å². The van der Waals surface area contributed by atoms with E-state index < -0.39 is 0 Å². The number of rotatable bonds is 3. The monoisotopic (exact) mass is 289 g/mol. The maximum Gasteiger partial charge on any atom is 0.263 e. The molecular formula is C15H19N3OS. The quantitative estimate of drug-likeness (QED) is 0.912. The number of nitrogen functional groups attached to an aromatic ring is 1. The number of thiophene rings is 1. The van der Waals surface area contributed by atoms with Crippen LogP contribution in [0.2, 0.25) is 0 Å². The van der Waals surface area contributed by atoms with E-state index in [1.807, 2.05) is 19.9 Å². The van der Waals surface area contributed by atoms with Gasteiger partial charge in [-0.2, -0.15) is 0 Å². The number of anilines is 1. The molecule has 0 aromatic carbocycles. The lowest BCUT2D eigenvalue weighted by molar-refractivity contribution is 0.0941. The number of aromatic nitrogens is 1. The molecule has 1 fully saturated rings. The fraction of sp³-hybridized carbons (Fsp3) is 0.467. The Morgan fingerprint density at radius 2 is 2.20 bits per heavy atom. The van der Waals surface area contributed by atoms with Crippen molar-refractivity contribution in [3.05, 3.63) is 22.3 Å². The van der Waals surface area contributed by atoms with Crippen LogP contribution in [0.25, 0.3) is 10.1 Å². The summed E-state index contributed by atoms with van der Waals surface area (Å²) in [6, 6.07) is 2.22. The number of nitrogens with two attached hydrogens (primary N) is 1. The Morgan fingerprint density at radius 1 is 1.50 bits per heavy atom. The average molecular weight is 289 g/mol. The number of carbonyl (C=O) groups excluding carboxylic acids is 1. The van der Waals surface area contributed by atoms with Crippen molar-refractivity contribution >= 4 is 33.0 Å². The summed E-state index contributed by atoms with van der Waals surface area (Å²) in [5.74, 6) is 0.584. The van der Waals surface area contributed by atoms with Crippen LogP contribution < -0.4 is 11.1 Å². The van der Waals surface area contributed by atoms with Crippen molar-refractivity contribution in [3.8, 4) is 0 Å². The summed E-state index contributed by atoms with van der Waals surface area (Å²) in [6.45, 7) is 5.96. The number of hydrogen-bond donors (Lipinski definition) is 2. The average Bonchev–Trinajstić information content (AvgIpc) is 3.14. The second kappa shape index (κ2) is 4.74. The third-order valence-electron chi connectivity index (χ3n) is 3.91. The summed E-state index contributed by atoms with van der Waals surface area (Å²) >= 11 is 1.46. The molecule has 1 unspecified atom stereocenters. The van der Waals surface area contributed by atoms with E-state index in [9.17, 15) is 4.79 Å². The molecule has 106 valence electrons. The van der Waals surface area contributed by atoms with Crippen molar-refractivity contribution in [1.29, 1.82) is 0 Å². The van der Waals surface area contributed by atoms with Gasteiger partial charge in [0.05, 0.1) is 5.69 Å². The minimum absolute atomic E-state index is 0.0554.